The number of rotatable bonds is 6. The monoisotopic (exact) mass is 443 g/mol. The second-order valence-electron chi connectivity index (χ2n) is 9.40. The minimum atomic E-state index is -0.342. The molecule has 1 heterocycles. The number of aromatic nitrogens is 2. The summed E-state index contributed by atoms with van der Waals surface area (Å²) in [7, 11) is 0. The Balaban J connectivity index is 1.73. The minimum absolute atomic E-state index is 0.0610. The fourth-order valence-electron chi connectivity index (χ4n) is 3.81. The lowest BCUT2D eigenvalue weighted by Gasteiger charge is -2.27. The highest BCUT2D eigenvalue weighted by Crippen LogP contribution is 2.26. The van der Waals surface area contributed by atoms with Crippen LogP contribution in [-0.4, -0.2) is 45.8 Å². The second kappa shape index (κ2) is 10.1. The fourth-order valence-corrected chi connectivity index (χ4v) is 3.81. The Morgan fingerprint density at radius 3 is 2.41 bits per heavy atom. The lowest BCUT2D eigenvalue weighted by molar-refractivity contribution is -0.116. The number of anilines is 1. The summed E-state index contributed by atoms with van der Waals surface area (Å²) < 4.78 is 15.0. The number of carbonyl (C=O) groups is 2. The topological polar surface area (TPSA) is 79.3 Å². The molecule has 174 valence electrons. The van der Waals surface area contributed by atoms with Crippen molar-refractivity contribution in [3.8, 4) is 5.69 Å². The van der Waals surface area contributed by atoms with Gasteiger partial charge in [0, 0.05) is 24.1 Å². The predicted molar refractivity (Wildman–Crippen MR) is 124 cm³/mol. The molecule has 3 rings (SSSR count). The molecule has 0 unspecified atom stereocenters. The average molecular weight is 444 g/mol. The van der Waals surface area contributed by atoms with E-state index in [1.165, 1.54) is 23.5 Å². The fraction of sp³-hybridized carbons (Fsp3) is 0.542. The van der Waals surface area contributed by atoms with Gasteiger partial charge in [-0.05, 0) is 44.0 Å². The van der Waals surface area contributed by atoms with Gasteiger partial charge in [-0.2, -0.15) is 5.10 Å². The van der Waals surface area contributed by atoms with Crippen LogP contribution in [0.5, 0.6) is 0 Å². The van der Waals surface area contributed by atoms with Gasteiger partial charge in [0.2, 0.25) is 5.91 Å². The van der Waals surface area contributed by atoms with Crippen molar-refractivity contribution in [1.29, 1.82) is 0 Å². The zero-order chi connectivity index (χ0) is 23.3. The van der Waals surface area contributed by atoms with Crippen molar-refractivity contribution in [3.63, 3.8) is 0 Å². The van der Waals surface area contributed by atoms with Crippen LogP contribution in [0.3, 0.4) is 0 Å². The largest absolute Gasteiger partial charge is 0.335 e. The predicted octanol–water partition coefficient (Wildman–Crippen LogP) is 4.61. The van der Waals surface area contributed by atoms with Gasteiger partial charge in [0.25, 0.3) is 0 Å². The SMILES string of the molecule is CCN(CC(=O)Nc1cc(C(C)(C)C)nn1-c1ccc(F)cc1)C(=O)NC1CCCCC1. The average Bonchev–Trinajstić information content (AvgIpc) is 3.17. The second-order valence-corrected chi connectivity index (χ2v) is 9.40. The van der Waals surface area contributed by atoms with Crippen molar-refractivity contribution >= 4 is 17.8 Å². The third kappa shape index (κ3) is 6.08. The van der Waals surface area contributed by atoms with Crippen LogP contribution in [0, 0.1) is 5.82 Å². The van der Waals surface area contributed by atoms with E-state index in [9.17, 15) is 14.0 Å². The zero-order valence-electron chi connectivity index (χ0n) is 19.4. The highest BCUT2D eigenvalue weighted by Gasteiger charge is 2.24. The number of nitrogens with one attached hydrogen (secondary N) is 2. The maximum absolute atomic E-state index is 13.4. The van der Waals surface area contributed by atoms with Gasteiger partial charge >= 0.3 is 6.03 Å². The maximum atomic E-state index is 13.4. The molecule has 32 heavy (non-hydrogen) atoms. The quantitative estimate of drug-likeness (QED) is 0.684. The molecule has 2 N–H and O–H groups in total. The van der Waals surface area contributed by atoms with Gasteiger partial charge < -0.3 is 15.5 Å². The van der Waals surface area contributed by atoms with Gasteiger partial charge in [-0.1, -0.05) is 40.0 Å². The molecule has 2 aromatic rings. The van der Waals surface area contributed by atoms with Crippen molar-refractivity contribution in [2.24, 2.45) is 0 Å². The third-order valence-corrected chi connectivity index (χ3v) is 5.75. The minimum Gasteiger partial charge on any atom is -0.335 e. The summed E-state index contributed by atoms with van der Waals surface area (Å²) in [5, 5.41) is 10.6. The Bertz CT molecular complexity index is 927. The van der Waals surface area contributed by atoms with Crippen LogP contribution in [0.1, 0.15) is 65.5 Å². The molecule has 0 saturated heterocycles. The molecular weight excluding hydrogens is 409 g/mol. The molecule has 1 fully saturated rings. The summed E-state index contributed by atoms with van der Waals surface area (Å²) in [6.07, 6.45) is 5.44. The Kier molecular flexibility index (Phi) is 7.53. The zero-order valence-corrected chi connectivity index (χ0v) is 19.4. The summed E-state index contributed by atoms with van der Waals surface area (Å²) in [4.78, 5) is 27.0. The Morgan fingerprint density at radius 1 is 1.16 bits per heavy atom. The van der Waals surface area contributed by atoms with E-state index in [1.54, 1.807) is 16.8 Å². The molecular formula is C24H34FN5O2. The highest BCUT2D eigenvalue weighted by molar-refractivity contribution is 5.94. The van der Waals surface area contributed by atoms with Crippen LogP contribution >= 0.6 is 0 Å². The van der Waals surface area contributed by atoms with E-state index in [0.29, 0.717) is 18.1 Å². The van der Waals surface area contributed by atoms with Crippen molar-refractivity contribution < 1.29 is 14.0 Å². The lowest BCUT2D eigenvalue weighted by Crippen LogP contribution is -2.48. The standard InChI is InChI=1S/C24H34FN5O2/c1-5-29(23(32)26-18-9-7-6-8-10-18)16-22(31)27-21-15-20(24(2,3)4)28-30(21)19-13-11-17(25)12-14-19/h11-15,18H,5-10,16H2,1-4H3,(H,26,32)(H,27,31). The van der Waals surface area contributed by atoms with Crippen LogP contribution in [0.2, 0.25) is 0 Å². The molecule has 0 bridgehead atoms. The van der Waals surface area contributed by atoms with Gasteiger partial charge in [-0.3, -0.25) is 4.79 Å². The van der Waals surface area contributed by atoms with Crippen LogP contribution in [0.15, 0.2) is 30.3 Å². The lowest BCUT2D eigenvalue weighted by atomic mass is 9.92. The van der Waals surface area contributed by atoms with Gasteiger partial charge in [-0.25, -0.2) is 13.9 Å². The van der Waals surface area contributed by atoms with E-state index in [2.05, 4.69) is 15.7 Å². The summed E-state index contributed by atoms with van der Waals surface area (Å²) in [5.41, 5.74) is 1.19. The number of benzene rings is 1. The molecule has 3 amide bonds. The summed E-state index contributed by atoms with van der Waals surface area (Å²) >= 11 is 0. The van der Waals surface area contributed by atoms with Gasteiger partial charge in [0.15, 0.2) is 0 Å². The Hall–Kier alpha value is -2.90. The number of carbonyl (C=O) groups excluding carboxylic acids is 2. The molecule has 1 aliphatic carbocycles. The number of hydrogen-bond donors (Lipinski definition) is 2. The van der Waals surface area contributed by atoms with E-state index in [4.69, 9.17) is 0 Å². The Labute approximate surface area is 189 Å². The summed E-state index contributed by atoms with van der Waals surface area (Å²) in [6.45, 7) is 8.32. The van der Waals surface area contributed by atoms with E-state index < -0.39 is 0 Å². The molecule has 7 nitrogen and oxygen atoms in total. The summed E-state index contributed by atoms with van der Waals surface area (Å²) in [6, 6.07) is 7.72. The molecule has 1 aliphatic rings. The smallest absolute Gasteiger partial charge is 0.318 e. The highest BCUT2D eigenvalue weighted by atomic mass is 19.1. The number of hydrogen-bond acceptors (Lipinski definition) is 3. The first kappa shape index (κ1) is 23.8. The van der Waals surface area contributed by atoms with E-state index in [1.807, 2.05) is 33.8 Å². The molecule has 1 aromatic heterocycles. The summed E-state index contributed by atoms with van der Waals surface area (Å²) in [5.74, 6) is -0.172. The molecule has 0 aliphatic heterocycles. The normalized spacial score (nSPS) is 14.8. The van der Waals surface area contributed by atoms with Crippen LogP contribution in [0.25, 0.3) is 5.69 Å². The number of nitrogens with zero attached hydrogens (tertiary/aromatic N) is 3. The first-order chi connectivity index (χ1) is 15.2. The maximum Gasteiger partial charge on any atom is 0.318 e. The molecule has 0 radical (unpaired) electrons. The van der Waals surface area contributed by atoms with Crippen LogP contribution < -0.4 is 10.6 Å². The van der Waals surface area contributed by atoms with Crippen molar-refractivity contribution in [2.45, 2.75) is 71.3 Å². The van der Waals surface area contributed by atoms with Crippen molar-refractivity contribution in [3.05, 3.63) is 41.8 Å². The molecule has 1 aromatic carbocycles. The first-order valence-electron chi connectivity index (χ1n) is 11.4. The molecule has 8 heteroatoms. The Morgan fingerprint density at radius 2 is 1.81 bits per heavy atom. The van der Waals surface area contributed by atoms with Gasteiger partial charge in [0.05, 0.1) is 11.4 Å². The van der Waals surface area contributed by atoms with Crippen molar-refractivity contribution in [1.82, 2.24) is 20.0 Å². The number of amides is 3. The molecule has 1 saturated carbocycles. The van der Waals surface area contributed by atoms with Crippen molar-refractivity contribution in [2.75, 3.05) is 18.4 Å². The van der Waals surface area contributed by atoms with Gasteiger partial charge in [0.1, 0.15) is 18.2 Å². The van der Waals surface area contributed by atoms with Crippen LogP contribution in [0.4, 0.5) is 15.0 Å². The van der Waals surface area contributed by atoms with E-state index in [0.717, 1.165) is 31.4 Å². The van der Waals surface area contributed by atoms with E-state index >= 15 is 0 Å². The third-order valence-electron chi connectivity index (χ3n) is 5.75. The number of likely N-dealkylation sites (N-methyl/N-ethyl adjacent to an activating group) is 1. The first-order valence-corrected chi connectivity index (χ1v) is 11.4. The van der Waals surface area contributed by atoms with Gasteiger partial charge in [-0.15, -0.1) is 0 Å². The number of halogens is 1. The van der Waals surface area contributed by atoms with E-state index in [-0.39, 0.29) is 35.8 Å². The molecule has 0 atom stereocenters. The van der Waals surface area contributed by atoms with Crippen LogP contribution in [-0.2, 0) is 10.2 Å². The number of urea groups is 1. The molecule has 0 spiro atoms.